The number of pyridine rings is 1. The van der Waals surface area contributed by atoms with Gasteiger partial charge in [0, 0.05) is 28.9 Å². The number of halogens is 1. The van der Waals surface area contributed by atoms with Crippen LogP contribution in [-0.2, 0) is 0 Å². The smallest absolute Gasteiger partial charge is 0.335 e. The third kappa shape index (κ3) is 2.72. The molecule has 0 spiro atoms. The van der Waals surface area contributed by atoms with Gasteiger partial charge in [0.1, 0.15) is 11.5 Å². The monoisotopic (exact) mass is 354 g/mol. The lowest BCUT2D eigenvalue weighted by Crippen LogP contribution is -2.14. The molecule has 3 aromatic heterocycles. The van der Waals surface area contributed by atoms with Crippen LogP contribution in [0.4, 0.5) is 4.39 Å². The highest BCUT2D eigenvalue weighted by Gasteiger charge is 2.18. The number of rotatable bonds is 3. The Kier molecular flexibility index (Phi) is 3.66. The molecule has 124 valence electrons. The molecule has 0 aliphatic heterocycles. The van der Waals surface area contributed by atoms with E-state index in [9.17, 15) is 14.3 Å². The van der Waals surface area contributed by atoms with Crippen molar-refractivity contribution in [3.05, 3.63) is 70.5 Å². The Hall–Kier alpha value is -3.26. The van der Waals surface area contributed by atoms with E-state index in [1.807, 2.05) is 12.1 Å². The standard InChI is InChI=1S/C17H11FN4O2S/c18-12-3-1-11(2-4-12)14-15(23)22(16(24)21-14)17-20-13(9-25-17)10-5-7-19-8-6-10/h1-9,23H,(H,21,24). The number of hydrogen-bond acceptors (Lipinski definition) is 5. The molecule has 25 heavy (non-hydrogen) atoms. The SMILES string of the molecule is O=c1[nH]c(-c2ccc(F)cc2)c(O)n1-c1nc(-c2ccncc2)cs1. The van der Waals surface area contributed by atoms with Crippen molar-refractivity contribution in [1.29, 1.82) is 0 Å². The van der Waals surface area contributed by atoms with Crippen molar-refractivity contribution >= 4 is 11.3 Å². The van der Waals surface area contributed by atoms with E-state index in [1.54, 1.807) is 17.8 Å². The maximum Gasteiger partial charge on any atom is 0.335 e. The molecule has 8 heteroatoms. The summed E-state index contributed by atoms with van der Waals surface area (Å²) in [4.78, 5) is 23.2. The minimum Gasteiger partial charge on any atom is -0.493 e. The van der Waals surface area contributed by atoms with Crippen molar-refractivity contribution < 1.29 is 9.50 Å². The van der Waals surface area contributed by atoms with Crippen LogP contribution in [0.1, 0.15) is 0 Å². The van der Waals surface area contributed by atoms with Gasteiger partial charge in [0.2, 0.25) is 11.0 Å². The maximum atomic E-state index is 13.1. The molecule has 0 saturated heterocycles. The fourth-order valence-electron chi connectivity index (χ4n) is 2.44. The molecule has 2 N–H and O–H groups in total. The minimum absolute atomic E-state index is 0.214. The van der Waals surface area contributed by atoms with Crippen molar-refractivity contribution in [3.63, 3.8) is 0 Å². The molecule has 0 radical (unpaired) electrons. The number of nitrogens with zero attached hydrogens (tertiary/aromatic N) is 3. The van der Waals surface area contributed by atoms with Crippen molar-refractivity contribution in [1.82, 2.24) is 19.5 Å². The third-order valence-electron chi connectivity index (χ3n) is 3.66. The average Bonchev–Trinajstić information content (AvgIpc) is 3.21. The molecule has 0 saturated carbocycles. The van der Waals surface area contributed by atoms with E-state index in [1.165, 1.54) is 35.6 Å². The van der Waals surface area contributed by atoms with Crippen molar-refractivity contribution in [2.45, 2.75) is 0 Å². The number of imidazole rings is 1. The van der Waals surface area contributed by atoms with Crippen LogP contribution >= 0.6 is 11.3 Å². The van der Waals surface area contributed by atoms with Crippen LogP contribution in [0, 0.1) is 5.82 Å². The Morgan fingerprint density at radius 1 is 1.08 bits per heavy atom. The van der Waals surface area contributed by atoms with E-state index in [-0.39, 0.29) is 11.6 Å². The molecule has 0 unspecified atom stereocenters. The fraction of sp³-hybridized carbons (Fsp3) is 0. The van der Waals surface area contributed by atoms with Gasteiger partial charge in [-0.05, 0) is 36.4 Å². The molecule has 4 aromatic rings. The molecule has 0 aliphatic rings. The topological polar surface area (TPSA) is 83.8 Å². The molecule has 6 nitrogen and oxygen atoms in total. The Labute approximate surface area is 144 Å². The molecule has 0 fully saturated rings. The van der Waals surface area contributed by atoms with Gasteiger partial charge in [-0.15, -0.1) is 11.3 Å². The van der Waals surface area contributed by atoms with Gasteiger partial charge in [0.15, 0.2) is 0 Å². The highest BCUT2D eigenvalue weighted by atomic mass is 32.1. The summed E-state index contributed by atoms with van der Waals surface area (Å²) in [6.45, 7) is 0. The first-order chi connectivity index (χ1) is 12.1. The number of H-pyrrole nitrogens is 1. The molecule has 4 rings (SSSR count). The quantitative estimate of drug-likeness (QED) is 0.592. The van der Waals surface area contributed by atoms with Crippen LogP contribution in [-0.4, -0.2) is 24.6 Å². The van der Waals surface area contributed by atoms with E-state index in [2.05, 4.69) is 15.0 Å². The van der Waals surface area contributed by atoms with E-state index < -0.39 is 11.5 Å². The first-order valence-corrected chi connectivity index (χ1v) is 8.17. The molecule has 0 atom stereocenters. The lowest BCUT2D eigenvalue weighted by molar-refractivity contribution is 0.442. The molecule has 0 aliphatic carbocycles. The molecular formula is C17H11FN4O2S. The maximum absolute atomic E-state index is 13.1. The second-order valence-corrected chi connectivity index (χ2v) is 6.06. The second kappa shape index (κ2) is 5.99. The van der Waals surface area contributed by atoms with E-state index in [0.29, 0.717) is 16.4 Å². The number of nitrogens with one attached hydrogen (secondary N) is 1. The normalized spacial score (nSPS) is 10.9. The van der Waals surface area contributed by atoms with Gasteiger partial charge in [0.05, 0.1) is 5.69 Å². The van der Waals surface area contributed by atoms with Gasteiger partial charge >= 0.3 is 5.69 Å². The number of aromatic nitrogens is 4. The number of thiazole rings is 1. The lowest BCUT2D eigenvalue weighted by Gasteiger charge is -2.01. The highest BCUT2D eigenvalue weighted by molar-refractivity contribution is 7.12. The summed E-state index contributed by atoms with van der Waals surface area (Å²) in [5.41, 5.74) is 1.73. The number of aromatic hydroxyl groups is 1. The Morgan fingerprint density at radius 3 is 2.52 bits per heavy atom. The predicted octanol–water partition coefficient (Wildman–Crippen LogP) is 3.20. The fourth-order valence-corrected chi connectivity index (χ4v) is 3.28. The average molecular weight is 354 g/mol. The first-order valence-electron chi connectivity index (χ1n) is 7.30. The Morgan fingerprint density at radius 2 is 1.80 bits per heavy atom. The summed E-state index contributed by atoms with van der Waals surface area (Å²) in [7, 11) is 0. The van der Waals surface area contributed by atoms with Gasteiger partial charge in [-0.1, -0.05) is 0 Å². The largest absolute Gasteiger partial charge is 0.493 e. The first kappa shape index (κ1) is 15.3. The van der Waals surface area contributed by atoms with Crippen LogP contribution in [0.3, 0.4) is 0 Å². The zero-order valence-electron chi connectivity index (χ0n) is 12.7. The van der Waals surface area contributed by atoms with Gasteiger partial charge in [-0.2, -0.15) is 0 Å². The molecule has 1 aromatic carbocycles. The van der Waals surface area contributed by atoms with E-state index in [0.717, 1.165) is 10.1 Å². The van der Waals surface area contributed by atoms with Crippen LogP contribution in [0.5, 0.6) is 5.88 Å². The van der Waals surface area contributed by atoms with Gasteiger partial charge < -0.3 is 10.1 Å². The van der Waals surface area contributed by atoms with Crippen LogP contribution < -0.4 is 5.69 Å². The number of benzene rings is 1. The second-order valence-electron chi connectivity index (χ2n) is 5.22. The minimum atomic E-state index is -0.521. The summed E-state index contributed by atoms with van der Waals surface area (Å²) in [5, 5.41) is 12.6. The van der Waals surface area contributed by atoms with Gasteiger partial charge in [-0.25, -0.2) is 18.7 Å². The van der Waals surface area contributed by atoms with Crippen LogP contribution in [0.2, 0.25) is 0 Å². The summed E-state index contributed by atoms with van der Waals surface area (Å²) in [5.74, 6) is -0.667. The zero-order valence-corrected chi connectivity index (χ0v) is 13.5. The van der Waals surface area contributed by atoms with Crippen LogP contribution in [0.25, 0.3) is 27.6 Å². The molecule has 3 heterocycles. The lowest BCUT2D eigenvalue weighted by atomic mass is 10.1. The van der Waals surface area contributed by atoms with E-state index >= 15 is 0 Å². The number of hydrogen-bond donors (Lipinski definition) is 2. The molecule has 0 bridgehead atoms. The van der Waals surface area contributed by atoms with Crippen molar-refractivity contribution in [3.8, 4) is 33.5 Å². The van der Waals surface area contributed by atoms with Crippen LogP contribution in [0.15, 0.2) is 59.0 Å². The Bertz CT molecular complexity index is 1080. The summed E-state index contributed by atoms with van der Waals surface area (Å²) >= 11 is 1.23. The Balaban J connectivity index is 1.78. The summed E-state index contributed by atoms with van der Waals surface area (Å²) in [6, 6.07) is 9.10. The molecular weight excluding hydrogens is 343 g/mol. The summed E-state index contributed by atoms with van der Waals surface area (Å²) < 4.78 is 14.2. The van der Waals surface area contributed by atoms with E-state index in [4.69, 9.17) is 0 Å². The predicted molar refractivity (Wildman–Crippen MR) is 92.4 cm³/mol. The van der Waals surface area contributed by atoms with Crippen molar-refractivity contribution in [2.24, 2.45) is 0 Å². The van der Waals surface area contributed by atoms with Gasteiger partial charge in [0.25, 0.3) is 0 Å². The van der Waals surface area contributed by atoms with Gasteiger partial charge in [-0.3, -0.25) is 4.98 Å². The van der Waals surface area contributed by atoms with Crippen molar-refractivity contribution in [2.75, 3.05) is 0 Å². The molecule has 0 amide bonds. The summed E-state index contributed by atoms with van der Waals surface area (Å²) in [6.07, 6.45) is 3.31. The third-order valence-corrected chi connectivity index (χ3v) is 4.49. The highest BCUT2D eigenvalue weighted by Crippen LogP contribution is 2.30. The zero-order chi connectivity index (χ0) is 17.4. The number of aromatic amines is 1.